The number of aliphatic hydroxyl groups is 3. The number of allylic oxidation sites excluding steroid dienone is 3. The van der Waals surface area contributed by atoms with Crippen LogP contribution in [0.1, 0.15) is 52.4 Å². The molecule has 3 saturated carbocycles. The van der Waals surface area contributed by atoms with Crippen LogP contribution in [-0.2, 0) is 14.4 Å². The number of aliphatic hydroxyl groups excluding tert-OH is 3. The van der Waals surface area contributed by atoms with Gasteiger partial charge in [-0.25, -0.2) is 0 Å². The maximum atomic E-state index is 12.8. The van der Waals surface area contributed by atoms with Crippen molar-refractivity contribution < 1.29 is 29.7 Å². The first-order valence-electron chi connectivity index (χ1n) is 14.0. The molecule has 2 bridgehead atoms. The van der Waals surface area contributed by atoms with E-state index in [1.807, 2.05) is 12.2 Å². The second-order valence-corrected chi connectivity index (χ2v) is 11.9. The average Bonchev–Trinajstić information content (AvgIpc) is 3.48. The molecule has 5 N–H and O–H groups in total. The normalized spacial score (nSPS) is 44.3. The smallest absolute Gasteiger partial charge is 0.259 e. The second kappa shape index (κ2) is 10.4. The Labute approximate surface area is 218 Å². The fourth-order valence-electron chi connectivity index (χ4n) is 8.51. The summed E-state index contributed by atoms with van der Waals surface area (Å²) < 4.78 is 0. The zero-order chi connectivity index (χ0) is 26.4. The predicted octanol–water partition coefficient (Wildman–Crippen LogP) is 2.18. The Morgan fingerprint density at radius 2 is 1.78 bits per heavy atom. The third kappa shape index (κ3) is 4.67. The number of carbonyl (C=O) groups is 3. The van der Waals surface area contributed by atoms with Crippen LogP contribution in [-0.4, -0.2) is 57.7 Å². The van der Waals surface area contributed by atoms with E-state index >= 15 is 0 Å². The molecule has 11 unspecified atom stereocenters. The van der Waals surface area contributed by atoms with Crippen molar-refractivity contribution in [3.63, 3.8) is 0 Å². The van der Waals surface area contributed by atoms with E-state index in [1.54, 1.807) is 0 Å². The first kappa shape index (κ1) is 26.2. The molecule has 8 heteroatoms. The second-order valence-electron chi connectivity index (χ2n) is 11.9. The maximum absolute atomic E-state index is 12.8. The summed E-state index contributed by atoms with van der Waals surface area (Å²) in [5.74, 6) is 1.03. The van der Waals surface area contributed by atoms with Gasteiger partial charge < -0.3 is 26.0 Å². The highest BCUT2D eigenvalue weighted by molar-refractivity contribution is 6.27. The Bertz CT molecular complexity index is 1030. The van der Waals surface area contributed by atoms with Crippen molar-refractivity contribution in [3.05, 3.63) is 35.6 Å². The average molecular weight is 513 g/mol. The van der Waals surface area contributed by atoms with Gasteiger partial charge in [0.15, 0.2) is 5.78 Å². The first-order chi connectivity index (χ1) is 17.7. The molecule has 2 heterocycles. The van der Waals surface area contributed by atoms with Crippen molar-refractivity contribution in [2.45, 2.75) is 70.6 Å². The van der Waals surface area contributed by atoms with Gasteiger partial charge in [-0.2, -0.15) is 0 Å². The zero-order valence-corrected chi connectivity index (χ0v) is 21.7. The molecule has 5 aliphatic rings. The van der Waals surface area contributed by atoms with Crippen molar-refractivity contribution in [2.75, 3.05) is 6.54 Å². The Morgan fingerprint density at radius 3 is 2.54 bits per heavy atom. The van der Waals surface area contributed by atoms with Gasteiger partial charge in [-0.15, -0.1) is 0 Å². The van der Waals surface area contributed by atoms with Crippen LogP contribution in [0.15, 0.2) is 35.6 Å². The summed E-state index contributed by atoms with van der Waals surface area (Å²) in [6.45, 7) is 4.76. The highest BCUT2D eigenvalue weighted by Crippen LogP contribution is 2.62. The topological polar surface area (TPSA) is 136 Å². The number of amides is 2. The van der Waals surface area contributed by atoms with Gasteiger partial charge in [-0.05, 0) is 91.6 Å². The molecule has 0 aromatic carbocycles. The largest absolute Gasteiger partial charge is 0.507 e. The summed E-state index contributed by atoms with van der Waals surface area (Å²) in [6.07, 6.45) is 9.79. The molecule has 2 amide bonds. The van der Waals surface area contributed by atoms with Crippen molar-refractivity contribution in [3.8, 4) is 0 Å². The fraction of sp³-hybridized carbons (Fsp3) is 0.690. The molecule has 11 atom stereocenters. The minimum absolute atomic E-state index is 0.0725. The lowest BCUT2D eigenvalue weighted by Crippen LogP contribution is -2.43. The van der Waals surface area contributed by atoms with Crippen LogP contribution in [0, 0.1) is 47.3 Å². The van der Waals surface area contributed by atoms with Crippen LogP contribution >= 0.6 is 0 Å². The highest BCUT2D eigenvalue weighted by atomic mass is 16.3. The van der Waals surface area contributed by atoms with Gasteiger partial charge in [-0.3, -0.25) is 14.4 Å². The lowest BCUT2D eigenvalue weighted by molar-refractivity contribution is -0.118. The van der Waals surface area contributed by atoms with Crippen LogP contribution in [0.5, 0.6) is 0 Å². The third-order valence-electron chi connectivity index (χ3n) is 10.2. The van der Waals surface area contributed by atoms with E-state index < -0.39 is 35.7 Å². The summed E-state index contributed by atoms with van der Waals surface area (Å²) in [6, 6.07) is -1.16. The van der Waals surface area contributed by atoms with Crippen LogP contribution in [0.2, 0.25) is 0 Å². The number of hydrogen-bond acceptors (Lipinski definition) is 6. The number of ketones is 1. The summed E-state index contributed by atoms with van der Waals surface area (Å²) >= 11 is 0. The summed E-state index contributed by atoms with van der Waals surface area (Å²) in [4.78, 5) is 37.7. The molecule has 3 aliphatic carbocycles. The van der Waals surface area contributed by atoms with E-state index in [4.69, 9.17) is 0 Å². The summed E-state index contributed by atoms with van der Waals surface area (Å²) in [7, 11) is 0. The van der Waals surface area contributed by atoms with E-state index in [-0.39, 0.29) is 42.2 Å². The summed E-state index contributed by atoms with van der Waals surface area (Å²) in [5.41, 5.74) is -0.350. The molecule has 0 spiro atoms. The Hall–Kier alpha value is -2.45. The number of rotatable bonds is 1. The Balaban J connectivity index is 1.47. The van der Waals surface area contributed by atoms with Crippen molar-refractivity contribution in [1.82, 2.24) is 10.6 Å². The first-order valence-corrected chi connectivity index (χ1v) is 14.0. The Kier molecular flexibility index (Phi) is 7.33. The molecule has 0 aromatic heterocycles. The van der Waals surface area contributed by atoms with Crippen molar-refractivity contribution in [1.29, 1.82) is 0 Å². The third-order valence-corrected chi connectivity index (χ3v) is 10.2. The van der Waals surface area contributed by atoms with Gasteiger partial charge in [0.05, 0.1) is 12.2 Å². The lowest BCUT2D eigenvalue weighted by Gasteiger charge is -2.44. The Morgan fingerprint density at radius 1 is 1.00 bits per heavy atom. The molecular formula is C29H40N2O6. The van der Waals surface area contributed by atoms with E-state index in [2.05, 4.69) is 24.5 Å². The molecule has 8 nitrogen and oxygen atoms in total. The molecule has 0 radical (unpaired) electrons. The SMILES string of the molecule is CCC1CC2CC3C4CC=CC(=O)NCCC(O)C5NC(=O)C(=C(O)C=CC4CC(O)C3C2C1C)C5=O. The highest BCUT2D eigenvalue weighted by Gasteiger charge is 2.58. The number of carbonyl (C=O) groups excluding carboxylic acids is 3. The predicted molar refractivity (Wildman–Crippen MR) is 137 cm³/mol. The number of Topliss-reactive ketones (excluding diaryl/α,β-unsaturated/α-hetero) is 1. The van der Waals surface area contributed by atoms with Crippen LogP contribution in [0.25, 0.3) is 0 Å². The van der Waals surface area contributed by atoms with Gasteiger partial charge >= 0.3 is 0 Å². The number of fused-ring (bicyclic) bond motifs is 7. The molecule has 202 valence electrons. The van der Waals surface area contributed by atoms with E-state index in [0.29, 0.717) is 42.4 Å². The number of nitrogens with one attached hydrogen (secondary N) is 2. The van der Waals surface area contributed by atoms with E-state index in [9.17, 15) is 29.7 Å². The molecule has 1 saturated heterocycles. The van der Waals surface area contributed by atoms with Gasteiger partial charge in [-0.1, -0.05) is 32.4 Å². The lowest BCUT2D eigenvalue weighted by atomic mass is 9.62. The van der Waals surface area contributed by atoms with Gasteiger partial charge in [0, 0.05) is 6.54 Å². The van der Waals surface area contributed by atoms with Gasteiger partial charge in [0.1, 0.15) is 17.4 Å². The van der Waals surface area contributed by atoms with Crippen molar-refractivity contribution in [2.24, 2.45) is 47.3 Å². The van der Waals surface area contributed by atoms with Crippen molar-refractivity contribution >= 4 is 17.6 Å². The summed E-state index contributed by atoms with van der Waals surface area (Å²) in [5, 5.41) is 37.7. The zero-order valence-electron chi connectivity index (χ0n) is 21.7. The monoisotopic (exact) mass is 512 g/mol. The maximum Gasteiger partial charge on any atom is 0.259 e. The quantitative estimate of drug-likeness (QED) is 0.342. The molecule has 5 rings (SSSR count). The molecule has 4 fully saturated rings. The van der Waals surface area contributed by atoms with Crippen LogP contribution in [0.3, 0.4) is 0 Å². The van der Waals surface area contributed by atoms with Gasteiger partial charge in [0.25, 0.3) is 5.91 Å². The van der Waals surface area contributed by atoms with E-state index in [1.165, 1.54) is 25.0 Å². The van der Waals surface area contributed by atoms with E-state index in [0.717, 1.165) is 6.42 Å². The van der Waals surface area contributed by atoms with Crippen LogP contribution in [0.4, 0.5) is 0 Å². The minimum atomic E-state index is -1.19. The number of hydrogen-bond donors (Lipinski definition) is 5. The molecule has 2 aliphatic heterocycles. The molecule has 37 heavy (non-hydrogen) atoms. The molecule has 0 aromatic rings. The van der Waals surface area contributed by atoms with Gasteiger partial charge in [0.2, 0.25) is 5.91 Å². The fourth-order valence-corrected chi connectivity index (χ4v) is 8.51. The minimum Gasteiger partial charge on any atom is -0.507 e. The standard InChI is InChI=1S/C29H40N2O6/c1-3-15-11-17-12-19-18-5-4-6-23(35)30-10-9-21(33)27-28(36)26(29(37)31-27)20(32)8-7-16(18)13-22(34)25(19)24(17)14(15)2/h4,6-8,14-19,21-22,24-25,27,32-34H,3,5,9-13H2,1-2H3,(H,30,35)(H,31,37). The molecular weight excluding hydrogens is 472 g/mol. The van der Waals surface area contributed by atoms with Crippen LogP contribution < -0.4 is 10.6 Å².